The molecule has 0 spiro atoms. The topological polar surface area (TPSA) is 83.1 Å². The number of methoxy groups -OCH3 is 1. The number of hydrogen-bond donors (Lipinski definition) is 1. The molecule has 1 N–H and O–H groups in total. The Morgan fingerprint density at radius 2 is 1.76 bits per heavy atom. The molecule has 3 rings (SSSR count). The number of ether oxygens (including phenoxy) is 4. The second kappa shape index (κ2) is 15.8. The van der Waals surface area contributed by atoms with E-state index in [9.17, 15) is 9.59 Å². The molecule has 1 atom stereocenters. The molecule has 0 heterocycles. The van der Waals surface area contributed by atoms with Crippen LogP contribution >= 0.6 is 23.4 Å². The van der Waals surface area contributed by atoms with Crippen LogP contribution in [0.15, 0.2) is 82.6 Å². The van der Waals surface area contributed by atoms with Crippen LogP contribution in [0.25, 0.3) is 0 Å². The zero-order valence-corrected chi connectivity index (χ0v) is 25.6. The number of halogens is 1. The Morgan fingerprint density at radius 1 is 1.00 bits per heavy atom. The molecular formula is C32H38ClNO6S. The lowest BCUT2D eigenvalue weighted by atomic mass is 9.93. The van der Waals surface area contributed by atoms with Crippen LogP contribution in [0, 0.1) is 0 Å². The van der Waals surface area contributed by atoms with E-state index in [1.807, 2.05) is 72.8 Å². The van der Waals surface area contributed by atoms with Gasteiger partial charge in [-0.1, -0.05) is 65.8 Å². The first-order valence-corrected chi connectivity index (χ1v) is 14.6. The summed E-state index contributed by atoms with van der Waals surface area (Å²) >= 11 is 8.25. The van der Waals surface area contributed by atoms with Crippen molar-refractivity contribution in [2.24, 2.45) is 0 Å². The molecule has 1 unspecified atom stereocenters. The van der Waals surface area contributed by atoms with Gasteiger partial charge in [0.05, 0.1) is 6.61 Å². The summed E-state index contributed by atoms with van der Waals surface area (Å²) in [6, 6.07) is 24.0. The molecule has 41 heavy (non-hydrogen) atoms. The van der Waals surface area contributed by atoms with Gasteiger partial charge >= 0.3 is 6.09 Å². The summed E-state index contributed by atoms with van der Waals surface area (Å²) in [7, 11) is 1.49. The Hall–Kier alpha value is -3.04. The first-order valence-electron chi connectivity index (χ1n) is 13.4. The van der Waals surface area contributed by atoms with Crippen molar-refractivity contribution in [1.29, 1.82) is 0 Å². The number of benzene rings is 3. The van der Waals surface area contributed by atoms with Crippen molar-refractivity contribution < 1.29 is 28.5 Å². The van der Waals surface area contributed by atoms with E-state index in [0.717, 1.165) is 26.7 Å². The third kappa shape index (κ3) is 11.4. The van der Waals surface area contributed by atoms with Crippen molar-refractivity contribution in [3.8, 4) is 5.75 Å². The van der Waals surface area contributed by atoms with E-state index in [-0.39, 0.29) is 13.4 Å². The minimum absolute atomic E-state index is 0.00138. The van der Waals surface area contributed by atoms with Crippen LogP contribution in [0.2, 0.25) is 5.02 Å². The van der Waals surface area contributed by atoms with E-state index < -0.39 is 17.2 Å². The second-order valence-corrected chi connectivity index (χ2v) is 12.2. The zero-order chi connectivity index (χ0) is 29.7. The average Bonchev–Trinajstić information content (AvgIpc) is 2.93. The summed E-state index contributed by atoms with van der Waals surface area (Å²) in [6.45, 7) is 5.75. The van der Waals surface area contributed by atoms with Gasteiger partial charge in [0, 0.05) is 21.9 Å². The molecule has 3 aromatic carbocycles. The number of carbonyl (C=O) groups is 2. The fraction of sp³-hybridized carbons (Fsp3) is 0.375. The molecule has 0 saturated heterocycles. The molecule has 3 aromatic rings. The molecule has 1 amide bonds. The highest BCUT2D eigenvalue weighted by atomic mass is 35.5. The van der Waals surface area contributed by atoms with Gasteiger partial charge in [0.15, 0.2) is 0 Å². The van der Waals surface area contributed by atoms with Gasteiger partial charge in [0.25, 0.3) is 0 Å². The van der Waals surface area contributed by atoms with Crippen molar-refractivity contribution in [3.63, 3.8) is 0 Å². The normalized spacial score (nSPS) is 12.8. The van der Waals surface area contributed by atoms with Crippen LogP contribution in [-0.4, -0.2) is 44.0 Å². The van der Waals surface area contributed by atoms with Gasteiger partial charge in [-0.25, -0.2) is 4.79 Å². The predicted octanol–water partition coefficient (Wildman–Crippen LogP) is 7.48. The third-order valence-corrected chi connectivity index (χ3v) is 7.25. The van der Waals surface area contributed by atoms with E-state index in [4.69, 9.17) is 30.5 Å². The summed E-state index contributed by atoms with van der Waals surface area (Å²) in [6.07, 6.45) is 1.55. The van der Waals surface area contributed by atoms with Crippen LogP contribution in [-0.2, 0) is 32.0 Å². The van der Waals surface area contributed by atoms with Crippen molar-refractivity contribution in [2.75, 3.05) is 20.5 Å². The summed E-state index contributed by atoms with van der Waals surface area (Å²) in [5.41, 5.74) is 0.111. The van der Waals surface area contributed by atoms with Gasteiger partial charge in [-0.3, -0.25) is 0 Å². The fourth-order valence-corrected chi connectivity index (χ4v) is 5.25. The maximum atomic E-state index is 12.5. The molecule has 0 aliphatic rings. The fourth-order valence-electron chi connectivity index (χ4n) is 4.00. The first kappa shape index (κ1) is 32.5. The van der Waals surface area contributed by atoms with E-state index >= 15 is 0 Å². The number of aldehydes is 1. The number of amides is 1. The van der Waals surface area contributed by atoms with Crippen LogP contribution in [0.5, 0.6) is 5.75 Å². The lowest BCUT2D eigenvalue weighted by Gasteiger charge is -2.30. The Balaban J connectivity index is 1.59. The van der Waals surface area contributed by atoms with Crippen LogP contribution in [0.4, 0.5) is 4.79 Å². The summed E-state index contributed by atoms with van der Waals surface area (Å²) < 4.78 is 21.7. The molecule has 0 radical (unpaired) electrons. The second-order valence-electron chi connectivity index (χ2n) is 10.6. The molecule has 0 saturated carbocycles. The number of hydrogen-bond acceptors (Lipinski definition) is 7. The molecule has 9 heteroatoms. The maximum absolute atomic E-state index is 12.5. The summed E-state index contributed by atoms with van der Waals surface area (Å²) in [5, 5.41) is 3.34. The monoisotopic (exact) mass is 599 g/mol. The number of rotatable bonds is 15. The van der Waals surface area contributed by atoms with Crippen molar-refractivity contribution in [3.05, 3.63) is 88.9 Å². The van der Waals surface area contributed by atoms with Gasteiger partial charge < -0.3 is 29.1 Å². The Morgan fingerprint density at radius 3 is 2.44 bits per heavy atom. The minimum Gasteiger partial charge on any atom is -0.489 e. The summed E-state index contributed by atoms with van der Waals surface area (Å²) in [4.78, 5) is 26.7. The Kier molecular flexibility index (Phi) is 12.5. The molecule has 220 valence electrons. The number of aryl methyl sites for hydroxylation is 1. The van der Waals surface area contributed by atoms with Crippen LogP contribution in [0.3, 0.4) is 0 Å². The molecule has 0 bridgehead atoms. The first-order chi connectivity index (χ1) is 19.6. The number of nitrogens with one attached hydrogen (secondary N) is 1. The predicted molar refractivity (Wildman–Crippen MR) is 162 cm³/mol. The Labute approximate surface area is 251 Å². The molecule has 7 nitrogen and oxygen atoms in total. The standard InChI is InChI=1S/C32H38ClNO6S/c1-31(2,3)40-30(36)34-32(21-35,22-38-23-37-4)17-9-12-25-15-16-28(19-29(25)33)41-27-14-8-13-26(18-27)39-20-24-10-6-5-7-11-24/h5-8,10-11,13-16,18-19,21H,9,12,17,20,22-23H2,1-4H3,(H,34,36). The molecule has 0 aromatic heterocycles. The third-order valence-electron chi connectivity index (χ3n) is 5.92. The SMILES string of the molecule is COCOCC(C=O)(CCCc1ccc(Sc2cccc(OCc3ccccc3)c2)cc1Cl)NC(=O)OC(C)(C)C. The zero-order valence-electron chi connectivity index (χ0n) is 24.0. The van der Waals surface area contributed by atoms with E-state index in [0.29, 0.717) is 37.2 Å². The Bertz CT molecular complexity index is 1270. The molecule has 0 aliphatic heterocycles. The van der Waals surface area contributed by atoms with E-state index in [1.54, 1.807) is 32.5 Å². The smallest absolute Gasteiger partial charge is 0.408 e. The van der Waals surface area contributed by atoms with E-state index in [2.05, 4.69) is 5.32 Å². The van der Waals surface area contributed by atoms with Gasteiger partial charge in [0.1, 0.15) is 36.6 Å². The number of carbonyl (C=O) groups excluding carboxylic acids is 2. The van der Waals surface area contributed by atoms with E-state index in [1.165, 1.54) is 7.11 Å². The largest absolute Gasteiger partial charge is 0.489 e. The lowest BCUT2D eigenvalue weighted by molar-refractivity contribution is -0.119. The average molecular weight is 600 g/mol. The van der Waals surface area contributed by atoms with Crippen molar-refractivity contribution in [2.45, 2.75) is 67.6 Å². The highest BCUT2D eigenvalue weighted by Crippen LogP contribution is 2.33. The maximum Gasteiger partial charge on any atom is 0.408 e. The van der Waals surface area contributed by atoms with Crippen molar-refractivity contribution in [1.82, 2.24) is 5.32 Å². The van der Waals surface area contributed by atoms with Gasteiger partial charge in [-0.2, -0.15) is 0 Å². The van der Waals surface area contributed by atoms with Crippen LogP contribution < -0.4 is 10.1 Å². The van der Waals surface area contributed by atoms with Crippen LogP contribution in [0.1, 0.15) is 44.7 Å². The van der Waals surface area contributed by atoms with Gasteiger partial charge in [0.2, 0.25) is 0 Å². The minimum atomic E-state index is -1.25. The highest BCUT2D eigenvalue weighted by molar-refractivity contribution is 7.99. The molecular weight excluding hydrogens is 562 g/mol. The quantitative estimate of drug-likeness (QED) is 0.110. The number of alkyl carbamates (subject to hydrolysis) is 1. The highest BCUT2D eigenvalue weighted by Gasteiger charge is 2.34. The van der Waals surface area contributed by atoms with Gasteiger partial charge in [-0.15, -0.1) is 0 Å². The molecule has 0 aliphatic carbocycles. The summed E-state index contributed by atoms with van der Waals surface area (Å²) in [5.74, 6) is 0.801. The lowest BCUT2D eigenvalue weighted by Crippen LogP contribution is -2.54. The molecule has 0 fully saturated rings. The van der Waals surface area contributed by atoms with Gasteiger partial charge in [-0.05, 0) is 81.5 Å². The van der Waals surface area contributed by atoms with Crippen molar-refractivity contribution >= 4 is 35.7 Å².